The molecule has 0 radical (unpaired) electrons. The van der Waals surface area contributed by atoms with Crippen molar-refractivity contribution in [2.24, 2.45) is 11.8 Å². The van der Waals surface area contributed by atoms with Crippen LogP contribution in [-0.4, -0.2) is 27.4 Å². The molecule has 1 aromatic rings. The molecular formula is C11H14N2O4. The Labute approximate surface area is 96.9 Å². The summed E-state index contributed by atoms with van der Waals surface area (Å²) >= 11 is 0. The van der Waals surface area contributed by atoms with Gasteiger partial charge in [0.05, 0.1) is 12.7 Å². The van der Waals surface area contributed by atoms with Gasteiger partial charge in [-0.1, -0.05) is 0 Å². The van der Waals surface area contributed by atoms with Gasteiger partial charge in [-0.2, -0.15) is 0 Å². The van der Waals surface area contributed by atoms with Crippen molar-refractivity contribution >= 4 is 0 Å². The van der Waals surface area contributed by atoms with Gasteiger partial charge in [-0.15, -0.1) is 0 Å². The molecule has 2 fully saturated rings. The van der Waals surface area contributed by atoms with Gasteiger partial charge in [-0.25, -0.2) is 4.79 Å². The monoisotopic (exact) mass is 238 g/mol. The summed E-state index contributed by atoms with van der Waals surface area (Å²) < 4.78 is 7.05. The van der Waals surface area contributed by atoms with Crippen molar-refractivity contribution in [2.45, 2.75) is 25.7 Å². The second-order valence-corrected chi connectivity index (χ2v) is 4.79. The summed E-state index contributed by atoms with van der Waals surface area (Å²) in [5.74, 6) is 0.638. The van der Waals surface area contributed by atoms with Gasteiger partial charge < -0.3 is 9.84 Å². The van der Waals surface area contributed by atoms with E-state index < -0.39 is 5.69 Å². The van der Waals surface area contributed by atoms with Crippen LogP contribution in [0.2, 0.25) is 0 Å². The van der Waals surface area contributed by atoms with E-state index in [1.165, 1.54) is 10.8 Å². The first-order valence-electron chi connectivity index (χ1n) is 5.70. The van der Waals surface area contributed by atoms with Crippen molar-refractivity contribution in [3.8, 4) is 0 Å². The summed E-state index contributed by atoms with van der Waals surface area (Å²) in [5.41, 5.74) is -0.331. The van der Waals surface area contributed by atoms with Gasteiger partial charge in [0.15, 0.2) is 0 Å². The first-order valence-corrected chi connectivity index (χ1v) is 5.70. The molecule has 3 rings (SSSR count). The summed E-state index contributed by atoms with van der Waals surface area (Å²) in [6.07, 6.45) is 1.98. The summed E-state index contributed by atoms with van der Waals surface area (Å²) in [4.78, 5) is 25.2. The zero-order chi connectivity index (χ0) is 12.2. The van der Waals surface area contributed by atoms with E-state index in [9.17, 15) is 9.59 Å². The molecule has 1 saturated carbocycles. The summed E-state index contributed by atoms with van der Waals surface area (Å²) in [6, 6.07) is 0. The highest BCUT2D eigenvalue weighted by molar-refractivity contribution is 5.06. The number of ether oxygens (including phenoxy) is 1. The first kappa shape index (κ1) is 10.7. The van der Waals surface area contributed by atoms with Gasteiger partial charge >= 0.3 is 5.69 Å². The van der Waals surface area contributed by atoms with Crippen LogP contribution in [0.4, 0.5) is 0 Å². The predicted molar refractivity (Wildman–Crippen MR) is 58.7 cm³/mol. The number of aromatic nitrogens is 2. The maximum atomic E-state index is 11.7. The quantitative estimate of drug-likeness (QED) is 0.718. The SMILES string of the molecule is Cc1cn([C@@H]2O[C@H](CO)[C@@H]3C[C@@H]32)c(=O)[nH]c1=O. The first-order chi connectivity index (χ1) is 8.11. The van der Waals surface area contributed by atoms with Gasteiger partial charge in [-0.3, -0.25) is 14.3 Å². The van der Waals surface area contributed by atoms with Gasteiger partial charge in [0, 0.05) is 17.7 Å². The summed E-state index contributed by atoms with van der Waals surface area (Å²) in [6.45, 7) is 1.63. The Hall–Kier alpha value is -1.40. The molecule has 6 nitrogen and oxygen atoms in total. The van der Waals surface area contributed by atoms with E-state index in [1.807, 2.05) is 0 Å². The second-order valence-electron chi connectivity index (χ2n) is 4.79. The number of aliphatic hydroxyl groups excluding tert-OH is 1. The van der Waals surface area contributed by atoms with Crippen LogP contribution in [0.15, 0.2) is 15.8 Å². The maximum absolute atomic E-state index is 11.7. The van der Waals surface area contributed by atoms with Crippen molar-refractivity contribution in [3.63, 3.8) is 0 Å². The Bertz CT molecular complexity index is 561. The van der Waals surface area contributed by atoms with E-state index in [2.05, 4.69) is 4.98 Å². The number of nitrogens with zero attached hydrogens (tertiary/aromatic N) is 1. The standard InChI is InChI=1S/C11H14N2O4/c1-5-3-13(11(16)12-9(5)15)10-7-2-6(7)8(4-14)17-10/h3,6-8,10,14H,2,4H2,1H3,(H,12,15,16)/t6-,7+,8-,10-/m1/s1. The zero-order valence-electron chi connectivity index (χ0n) is 9.42. The third-order valence-corrected chi connectivity index (χ3v) is 3.65. The van der Waals surface area contributed by atoms with Crippen molar-refractivity contribution in [1.82, 2.24) is 9.55 Å². The third kappa shape index (κ3) is 1.56. The number of hydrogen-bond acceptors (Lipinski definition) is 4. The van der Waals surface area contributed by atoms with Crippen molar-refractivity contribution in [2.75, 3.05) is 6.61 Å². The number of aromatic amines is 1. The minimum Gasteiger partial charge on any atom is -0.394 e. The minimum absolute atomic E-state index is 0.0191. The molecule has 0 bridgehead atoms. The molecule has 0 amide bonds. The molecule has 0 unspecified atom stereocenters. The normalized spacial score (nSPS) is 34.7. The molecular weight excluding hydrogens is 224 g/mol. The molecule has 0 aromatic carbocycles. The molecule has 0 spiro atoms. The lowest BCUT2D eigenvalue weighted by molar-refractivity contribution is -0.0517. The molecule has 2 aliphatic rings. The molecule has 2 N–H and O–H groups in total. The highest BCUT2D eigenvalue weighted by Gasteiger charge is 2.56. The van der Waals surface area contributed by atoms with Gasteiger partial charge in [0.1, 0.15) is 6.23 Å². The minimum atomic E-state index is -0.449. The van der Waals surface area contributed by atoms with E-state index in [4.69, 9.17) is 9.84 Å². The fourth-order valence-corrected chi connectivity index (χ4v) is 2.60. The third-order valence-electron chi connectivity index (χ3n) is 3.65. The number of hydrogen-bond donors (Lipinski definition) is 2. The lowest BCUT2D eigenvalue weighted by atomic mass is 10.2. The summed E-state index contributed by atoms with van der Waals surface area (Å²) in [5, 5.41) is 9.13. The zero-order valence-corrected chi connectivity index (χ0v) is 9.42. The molecule has 2 heterocycles. The van der Waals surface area contributed by atoms with Crippen LogP contribution in [0.5, 0.6) is 0 Å². The predicted octanol–water partition coefficient (Wildman–Crippen LogP) is -0.629. The molecule has 1 saturated heterocycles. The van der Waals surface area contributed by atoms with E-state index in [0.29, 0.717) is 11.5 Å². The van der Waals surface area contributed by atoms with Crippen LogP contribution >= 0.6 is 0 Å². The largest absolute Gasteiger partial charge is 0.394 e. The maximum Gasteiger partial charge on any atom is 0.330 e. The van der Waals surface area contributed by atoms with Crippen LogP contribution in [0, 0.1) is 18.8 Å². The van der Waals surface area contributed by atoms with Crippen LogP contribution < -0.4 is 11.2 Å². The van der Waals surface area contributed by atoms with E-state index in [0.717, 1.165) is 6.42 Å². The topological polar surface area (TPSA) is 84.3 Å². The molecule has 6 heteroatoms. The Morgan fingerprint density at radius 3 is 2.94 bits per heavy atom. The molecule has 92 valence electrons. The van der Waals surface area contributed by atoms with E-state index in [1.54, 1.807) is 6.92 Å². The average molecular weight is 238 g/mol. The van der Waals surface area contributed by atoms with E-state index in [-0.39, 0.29) is 30.4 Å². The van der Waals surface area contributed by atoms with E-state index >= 15 is 0 Å². The fourth-order valence-electron chi connectivity index (χ4n) is 2.60. The van der Waals surface area contributed by atoms with Gasteiger partial charge in [0.25, 0.3) is 5.56 Å². The molecule has 4 atom stereocenters. The molecule has 17 heavy (non-hydrogen) atoms. The Balaban J connectivity index is 1.98. The fraction of sp³-hybridized carbons (Fsp3) is 0.636. The van der Waals surface area contributed by atoms with Crippen molar-refractivity contribution < 1.29 is 9.84 Å². The smallest absolute Gasteiger partial charge is 0.330 e. The number of aryl methyl sites for hydroxylation is 1. The van der Waals surface area contributed by atoms with Gasteiger partial charge in [-0.05, 0) is 19.3 Å². The molecule has 1 aromatic heterocycles. The lowest BCUT2D eigenvalue weighted by Gasteiger charge is -2.18. The highest BCUT2D eigenvalue weighted by atomic mass is 16.5. The summed E-state index contributed by atoms with van der Waals surface area (Å²) in [7, 11) is 0. The van der Waals surface area contributed by atoms with Gasteiger partial charge in [0.2, 0.25) is 0 Å². The second kappa shape index (κ2) is 3.54. The number of aliphatic hydroxyl groups is 1. The Kier molecular flexibility index (Phi) is 2.24. The van der Waals surface area contributed by atoms with Crippen molar-refractivity contribution in [1.29, 1.82) is 0 Å². The van der Waals surface area contributed by atoms with Crippen LogP contribution in [0.1, 0.15) is 18.2 Å². The van der Waals surface area contributed by atoms with Crippen molar-refractivity contribution in [3.05, 3.63) is 32.6 Å². The van der Waals surface area contributed by atoms with Crippen LogP contribution in [-0.2, 0) is 4.74 Å². The number of rotatable bonds is 2. The van der Waals surface area contributed by atoms with Crippen LogP contribution in [0.3, 0.4) is 0 Å². The highest BCUT2D eigenvalue weighted by Crippen LogP contribution is 2.56. The molecule has 1 aliphatic heterocycles. The molecule has 1 aliphatic carbocycles. The number of fused-ring (bicyclic) bond motifs is 1. The Morgan fingerprint density at radius 2 is 2.29 bits per heavy atom. The average Bonchev–Trinajstić information content (AvgIpc) is 3.00. The van der Waals surface area contributed by atoms with Crippen LogP contribution in [0.25, 0.3) is 0 Å². The number of nitrogens with one attached hydrogen (secondary N) is 1. The number of H-pyrrole nitrogens is 1. The Morgan fingerprint density at radius 1 is 1.53 bits per heavy atom. The lowest BCUT2D eigenvalue weighted by Crippen LogP contribution is -2.34.